The molecule has 0 saturated heterocycles. The van der Waals surface area contributed by atoms with Crippen LogP contribution in [-0.4, -0.2) is 6.10 Å². The molecule has 1 saturated carbocycles. The second-order valence-corrected chi connectivity index (χ2v) is 6.15. The molecule has 1 aliphatic rings. The quantitative estimate of drug-likeness (QED) is 0.596. The van der Waals surface area contributed by atoms with Crippen molar-refractivity contribution in [3.63, 3.8) is 0 Å². The molecule has 108 valence electrons. The topological polar surface area (TPSA) is 9.23 Å². The van der Waals surface area contributed by atoms with E-state index in [0.29, 0.717) is 6.10 Å². The second kappa shape index (κ2) is 6.77. The molecule has 0 unspecified atom stereocenters. The van der Waals surface area contributed by atoms with Gasteiger partial charge >= 0.3 is 0 Å². The summed E-state index contributed by atoms with van der Waals surface area (Å²) in [4.78, 5) is 0. The van der Waals surface area contributed by atoms with Crippen LogP contribution in [0.15, 0.2) is 65.4 Å². The first-order valence-electron chi connectivity index (χ1n) is 7.50. The molecule has 2 heteroatoms. The van der Waals surface area contributed by atoms with Crippen LogP contribution in [0.2, 0.25) is 0 Å². The molecule has 1 heterocycles. The largest absolute Gasteiger partial charge is 0.489 e. The summed E-state index contributed by atoms with van der Waals surface area (Å²) in [5.74, 6) is 1.82. The van der Waals surface area contributed by atoms with E-state index in [2.05, 4.69) is 49.4 Å². The van der Waals surface area contributed by atoms with Gasteiger partial charge in [-0.2, -0.15) is 11.3 Å². The van der Waals surface area contributed by atoms with Crippen LogP contribution < -0.4 is 4.74 Å². The van der Waals surface area contributed by atoms with E-state index >= 15 is 0 Å². The molecule has 4 rings (SSSR count). The fourth-order valence-corrected chi connectivity index (χ4v) is 2.94. The second-order valence-electron chi connectivity index (χ2n) is 5.33. The van der Waals surface area contributed by atoms with Gasteiger partial charge in [-0.05, 0) is 41.0 Å². The molecule has 1 nitrogen and oxygen atoms in total. The van der Waals surface area contributed by atoms with Crippen molar-refractivity contribution in [2.75, 3.05) is 0 Å². The number of benzene rings is 2. The third kappa shape index (κ3) is 3.64. The first-order chi connectivity index (χ1) is 10.4. The molecule has 0 amide bonds. The Balaban J connectivity index is 0.000000225. The highest BCUT2D eigenvalue weighted by Gasteiger charge is 2.37. The lowest BCUT2D eigenvalue weighted by atomic mass is 10.1. The van der Waals surface area contributed by atoms with Crippen molar-refractivity contribution in [3.05, 3.63) is 65.4 Å². The van der Waals surface area contributed by atoms with Crippen LogP contribution in [0.5, 0.6) is 5.75 Å². The molecule has 0 N–H and O–H groups in total. The van der Waals surface area contributed by atoms with E-state index in [4.69, 9.17) is 4.74 Å². The molecule has 2 atom stereocenters. The number of ether oxygens (including phenoxy) is 1. The van der Waals surface area contributed by atoms with Crippen molar-refractivity contribution in [2.24, 2.45) is 5.92 Å². The maximum atomic E-state index is 6.04. The molecule has 0 aliphatic heterocycles. The van der Waals surface area contributed by atoms with E-state index in [1.807, 2.05) is 22.9 Å². The van der Waals surface area contributed by atoms with Crippen LogP contribution in [-0.2, 0) is 0 Å². The summed E-state index contributed by atoms with van der Waals surface area (Å²) in [6, 6.07) is 18.7. The number of rotatable bonds is 3. The first-order valence-corrected chi connectivity index (χ1v) is 8.44. The molecule has 2 aromatic carbocycles. The first kappa shape index (κ1) is 14.2. The predicted octanol–water partition coefficient (Wildman–Crippen LogP) is 5.77. The van der Waals surface area contributed by atoms with E-state index < -0.39 is 0 Å². The van der Waals surface area contributed by atoms with Gasteiger partial charge in [0.1, 0.15) is 11.9 Å². The third-order valence-electron chi connectivity index (χ3n) is 3.84. The van der Waals surface area contributed by atoms with Crippen molar-refractivity contribution in [2.45, 2.75) is 25.9 Å². The summed E-state index contributed by atoms with van der Waals surface area (Å²) in [5.41, 5.74) is 0. The van der Waals surface area contributed by atoms with Gasteiger partial charge in [-0.25, -0.2) is 0 Å². The standard InChI is InChI=1S/C15H16O.C4H4S/c1-2-11-10-15(11)16-14-9-5-7-12-6-3-4-8-13(12)14;1-2-4-5-3-1/h3-9,11,15H,2,10H2,1H3;1-4H/t11-,15+;/m1./s1. The van der Waals surface area contributed by atoms with Crippen molar-refractivity contribution >= 4 is 22.1 Å². The molecular formula is C19H20OS. The van der Waals surface area contributed by atoms with Crippen LogP contribution in [0.3, 0.4) is 0 Å². The van der Waals surface area contributed by atoms with Crippen molar-refractivity contribution in [3.8, 4) is 5.75 Å². The number of thiophene rings is 1. The van der Waals surface area contributed by atoms with Gasteiger partial charge in [0.25, 0.3) is 0 Å². The lowest BCUT2D eigenvalue weighted by Crippen LogP contribution is -2.00. The molecular weight excluding hydrogens is 276 g/mol. The highest BCUT2D eigenvalue weighted by atomic mass is 32.1. The van der Waals surface area contributed by atoms with E-state index in [1.54, 1.807) is 11.3 Å². The van der Waals surface area contributed by atoms with E-state index in [9.17, 15) is 0 Å². The van der Waals surface area contributed by atoms with E-state index in [-0.39, 0.29) is 0 Å². The van der Waals surface area contributed by atoms with Gasteiger partial charge in [0.2, 0.25) is 0 Å². The van der Waals surface area contributed by atoms with Gasteiger partial charge in [0.15, 0.2) is 0 Å². The van der Waals surface area contributed by atoms with Crippen LogP contribution in [0.25, 0.3) is 10.8 Å². The van der Waals surface area contributed by atoms with Gasteiger partial charge in [-0.15, -0.1) is 0 Å². The average Bonchev–Trinajstić information content (AvgIpc) is 3.02. The molecule has 0 bridgehead atoms. The van der Waals surface area contributed by atoms with Crippen LogP contribution in [0.1, 0.15) is 19.8 Å². The minimum absolute atomic E-state index is 0.454. The maximum absolute atomic E-state index is 6.04. The normalized spacial score (nSPS) is 19.7. The zero-order valence-electron chi connectivity index (χ0n) is 12.2. The van der Waals surface area contributed by atoms with E-state index in [1.165, 1.54) is 23.6 Å². The van der Waals surface area contributed by atoms with Crippen LogP contribution >= 0.6 is 11.3 Å². The lowest BCUT2D eigenvalue weighted by molar-refractivity contribution is 0.286. The smallest absolute Gasteiger partial charge is 0.127 e. The minimum atomic E-state index is 0.454. The lowest BCUT2D eigenvalue weighted by Gasteiger charge is -2.08. The Labute approximate surface area is 130 Å². The predicted molar refractivity (Wildman–Crippen MR) is 91.1 cm³/mol. The fourth-order valence-electron chi connectivity index (χ4n) is 2.48. The highest BCUT2D eigenvalue weighted by molar-refractivity contribution is 7.07. The minimum Gasteiger partial charge on any atom is -0.489 e. The summed E-state index contributed by atoms with van der Waals surface area (Å²) in [6.07, 6.45) is 2.91. The maximum Gasteiger partial charge on any atom is 0.127 e. The zero-order chi connectivity index (χ0) is 14.5. The Hall–Kier alpha value is -1.80. The molecule has 21 heavy (non-hydrogen) atoms. The summed E-state index contributed by atoms with van der Waals surface area (Å²) in [7, 11) is 0. The highest BCUT2D eigenvalue weighted by Crippen LogP contribution is 2.39. The molecule has 1 fully saturated rings. The summed E-state index contributed by atoms with van der Waals surface area (Å²) < 4.78 is 6.04. The van der Waals surface area contributed by atoms with Gasteiger partial charge in [-0.3, -0.25) is 0 Å². The third-order valence-corrected chi connectivity index (χ3v) is 4.46. The Morgan fingerprint density at radius 1 is 1.00 bits per heavy atom. The van der Waals surface area contributed by atoms with Crippen LogP contribution in [0, 0.1) is 5.92 Å². The summed E-state index contributed by atoms with van der Waals surface area (Å²) in [5, 5.41) is 6.57. The molecule has 1 aliphatic carbocycles. The van der Waals surface area contributed by atoms with Crippen molar-refractivity contribution < 1.29 is 4.74 Å². The fraction of sp³-hybridized carbons (Fsp3) is 0.263. The monoisotopic (exact) mass is 296 g/mol. The van der Waals surface area contributed by atoms with Crippen molar-refractivity contribution in [1.82, 2.24) is 0 Å². The Kier molecular flexibility index (Phi) is 4.56. The van der Waals surface area contributed by atoms with Gasteiger partial charge in [0.05, 0.1) is 0 Å². The number of hydrogen-bond donors (Lipinski definition) is 0. The summed E-state index contributed by atoms with van der Waals surface area (Å²) >= 11 is 1.71. The Bertz CT molecular complexity index is 652. The molecule has 3 aromatic rings. The summed E-state index contributed by atoms with van der Waals surface area (Å²) in [6.45, 7) is 2.23. The molecule has 1 aromatic heterocycles. The average molecular weight is 296 g/mol. The SMILES string of the molecule is CC[C@@H]1C[C@@H]1Oc1cccc2ccccc12.c1ccsc1. The zero-order valence-corrected chi connectivity index (χ0v) is 13.1. The van der Waals surface area contributed by atoms with E-state index in [0.717, 1.165) is 11.7 Å². The van der Waals surface area contributed by atoms with Gasteiger partial charge in [0, 0.05) is 5.39 Å². The molecule has 0 radical (unpaired) electrons. The van der Waals surface area contributed by atoms with Gasteiger partial charge < -0.3 is 4.74 Å². The molecule has 0 spiro atoms. The van der Waals surface area contributed by atoms with Crippen LogP contribution in [0.4, 0.5) is 0 Å². The Morgan fingerprint density at radius 3 is 2.43 bits per heavy atom. The number of fused-ring (bicyclic) bond motifs is 1. The van der Waals surface area contributed by atoms with Gasteiger partial charge in [-0.1, -0.05) is 55.5 Å². The Morgan fingerprint density at radius 2 is 1.76 bits per heavy atom. The van der Waals surface area contributed by atoms with Crippen molar-refractivity contribution in [1.29, 1.82) is 0 Å². The number of hydrogen-bond acceptors (Lipinski definition) is 2.